The molecule has 1 aromatic carbocycles. The summed E-state index contributed by atoms with van der Waals surface area (Å²) in [5.41, 5.74) is 1.53. The van der Waals surface area contributed by atoms with Crippen LogP contribution in [0.3, 0.4) is 0 Å². The molecule has 0 aliphatic heterocycles. The Morgan fingerprint density at radius 3 is 2.62 bits per heavy atom. The molecule has 3 aromatic rings. The van der Waals surface area contributed by atoms with Crippen LogP contribution in [0.25, 0.3) is 5.65 Å². The summed E-state index contributed by atoms with van der Waals surface area (Å²) in [7, 11) is 0.485. The number of benzene rings is 1. The van der Waals surface area contributed by atoms with Crippen LogP contribution < -0.4 is 20.9 Å². The van der Waals surface area contributed by atoms with E-state index in [1.54, 1.807) is 47.0 Å². The molecule has 10 nitrogen and oxygen atoms in total. The number of halogens is 3. The molecule has 1 atom stereocenters. The second-order valence-electron chi connectivity index (χ2n) is 10.2. The van der Waals surface area contributed by atoms with Gasteiger partial charge in [0.15, 0.2) is 5.65 Å². The lowest BCUT2D eigenvalue weighted by atomic mass is 10.0. The van der Waals surface area contributed by atoms with Gasteiger partial charge in [0.25, 0.3) is 0 Å². The van der Waals surface area contributed by atoms with Crippen molar-refractivity contribution in [1.82, 2.24) is 19.9 Å². The van der Waals surface area contributed by atoms with Crippen LogP contribution in [-0.2, 0) is 21.3 Å². The number of fused-ring (bicyclic) bond motifs is 1. The van der Waals surface area contributed by atoms with Crippen LogP contribution in [0.5, 0.6) is 0 Å². The molecule has 4 rings (SSSR count). The molecular weight excluding hydrogens is 533 g/mol. The third kappa shape index (κ3) is 6.97. The number of nitrogens with zero attached hydrogens (tertiary/aromatic N) is 5. The molecule has 1 fully saturated rings. The number of hydrogen-bond donors (Lipinski definition) is 3. The number of anilines is 4. The van der Waals surface area contributed by atoms with Gasteiger partial charge in [-0.15, -0.1) is 0 Å². The molecular formula is C25H29F3N8O2S. The van der Waals surface area contributed by atoms with Crippen LogP contribution >= 0.6 is 0 Å². The van der Waals surface area contributed by atoms with Crippen molar-refractivity contribution in [3.05, 3.63) is 41.6 Å². The van der Waals surface area contributed by atoms with Crippen molar-refractivity contribution < 1.29 is 22.2 Å². The Kier molecular flexibility index (Phi) is 7.74. The lowest BCUT2D eigenvalue weighted by molar-refractivity contribution is -0.175. The van der Waals surface area contributed by atoms with Crippen LogP contribution in [-0.4, -0.2) is 62.3 Å². The Labute approximate surface area is 226 Å². The highest BCUT2D eigenvalue weighted by molar-refractivity contribution is 7.83. The summed E-state index contributed by atoms with van der Waals surface area (Å²) in [6.45, 7) is 3.07. The highest BCUT2D eigenvalue weighted by Gasteiger charge is 2.41. The van der Waals surface area contributed by atoms with Crippen molar-refractivity contribution in [2.24, 2.45) is 0 Å². The smallest absolute Gasteiger partial charge is 0.372 e. The van der Waals surface area contributed by atoms with E-state index in [2.05, 4.69) is 26.8 Å². The Balaban J connectivity index is 1.61. The lowest BCUT2D eigenvalue weighted by Crippen LogP contribution is -2.54. The summed E-state index contributed by atoms with van der Waals surface area (Å²) in [6.07, 6.45) is 0.127. The van der Waals surface area contributed by atoms with Gasteiger partial charge in [-0.05, 0) is 50.5 Å². The number of aromatic nitrogens is 3. The number of nitrogens with one attached hydrogen (secondary N) is 3. The van der Waals surface area contributed by atoms with E-state index in [1.165, 1.54) is 20.0 Å². The van der Waals surface area contributed by atoms with Crippen molar-refractivity contribution in [1.29, 1.82) is 5.26 Å². The largest absolute Gasteiger partial charge is 0.471 e. The maximum atomic E-state index is 12.8. The lowest BCUT2D eigenvalue weighted by Gasteiger charge is -2.33. The molecule has 1 unspecified atom stereocenters. The quantitative estimate of drug-likeness (QED) is 0.342. The number of hydrogen-bond acceptors (Lipinski definition) is 8. The first-order valence-electron chi connectivity index (χ1n) is 12.1. The van der Waals surface area contributed by atoms with Crippen molar-refractivity contribution in [3.8, 4) is 6.07 Å². The van der Waals surface area contributed by atoms with E-state index < -0.39 is 28.4 Å². The molecule has 14 heteroatoms. The van der Waals surface area contributed by atoms with Crippen LogP contribution in [0.15, 0.2) is 30.5 Å². The molecule has 1 saturated carbocycles. The SMILES string of the molecule is CN(CC(C)(C)NC(=O)C(F)(F)F)c1ccc(Nc2cc(NC3CC3)n3ncc(C#N)c3n2)cc1CS(C)=O. The molecule has 39 heavy (non-hydrogen) atoms. The first-order valence-corrected chi connectivity index (χ1v) is 13.8. The predicted octanol–water partition coefficient (Wildman–Crippen LogP) is 3.69. The summed E-state index contributed by atoms with van der Waals surface area (Å²) < 4.78 is 52.1. The highest BCUT2D eigenvalue weighted by Crippen LogP contribution is 2.30. The van der Waals surface area contributed by atoms with Gasteiger partial charge >= 0.3 is 12.1 Å². The summed E-state index contributed by atoms with van der Waals surface area (Å²) in [6, 6.07) is 9.58. The molecule has 0 saturated heterocycles. The minimum absolute atomic E-state index is 0.0670. The zero-order valence-corrected chi connectivity index (χ0v) is 22.7. The minimum Gasteiger partial charge on any atom is -0.372 e. The Morgan fingerprint density at radius 2 is 2.00 bits per heavy atom. The Bertz CT molecular complexity index is 1460. The van der Waals surface area contributed by atoms with Crippen LogP contribution in [0.1, 0.15) is 37.8 Å². The average Bonchev–Trinajstić information content (AvgIpc) is 3.53. The molecule has 1 aliphatic carbocycles. The van der Waals surface area contributed by atoms with Gasteiger partial charge in [0.2, 0.25) is 0 Å². The van der Waals surface area contributed by atoms with Gasteiger partial charge in [0.1, 0.15) is 23.3 Å². The third-order valence-corrected chi connectivity index (χ3v) is 6.70. The fourth-order valence-corrected chi connectivity index (χ4v) is 4.93. The van der Waals surface area contributed by atoms with Crippen molar-refractivity contribution >= 4 is 45.4 Å². The van der Waals surface area contributed by atoms with E-state index in [-0.39, 0.29) is 12.3 Å². The van der Waals surface area contributed by atoms with Crippen LogP contribution in [0.2, 0.25) is 0 Å². The standard InChI is InChI=1S/C25H29F3N8O2S/c1-24(2,34-23(37)25(26,27)28)14-35(3)19-8-7-18(9-15(19)13-39(4)38)31-20-10-21(32-17-5-6-17)36-22(33-20)16(11-29)12-30-36/h7-10,12,17,32H,5-6,13-14H2,1-4H3,(H,31,33)(H,34,37). The van der Waals surface area contributed by atoms with E-state index in [0.717, 1.165) is 12.8 Å². The van der Waals surface area contributed by atoms with Gasteiger partial charge in [0, 0.05) is 54.1 Å². The second-order valence-corrected chi connectivity index (χ2v) is 11.7. The van der Waals surface area contributed by atoms with E-state index in [1.807, 2.05) is 5.32 Å². The molecule has 2 heterocycles. The first-order chi connectivity index (χ1) is 18.3. The topological polar surface area (TPSA) is 127 Å². The monoisotopic (exact) mass is 562 g/mol. The van der Waals surface area contributed by atoms with Crippen molar-refractivity contribution in [2.45, 2.75) is 50.2 Å². The minimum atomic E-state index is -4.98. The Hall–Kier alpha value is -3.86. The van der Waals surface area contributed by atoms with Crippen LogP contribution in [0, 0.1) is 11.3 Å². The van der Waals surface area contributed by atoms with Crippen molar-refractivity contribution in [3.63, 3.8) is 0 Å². The van der Waals surface area contributed by atoms with Gasteiger partial charge < -0.3 is 20.9 Å². The fourth-order valence-electron chi connectivity index (χ4n) is 4.26. The molecule has 2 aromatic heterocycles. The molecule has 3 N–H and O–H groups in total. The summed E-state index contributed by atoms with van der Waals surface area (Å²) in [5, 5.41) is 22.4. The molecule has 1 aliphatic rings. The normalized spacial score (nSPS) is 14.5. The number of nitriles is 1. The Morgan fingerprint density at radius 1 is 1.28 bits per heavy atom. The fraction of sp³-hybridized carbons (Fsp3) is 0.440. The zero-order chi connectivity index (χ0) is 28.5. The number of alkyl halides is 3. The van der Waals surface area contributed by atoms with E-state index in [9.17, 15) is 27.4 Å². The van der Waals surface area contributed by atoms with Crippen LogP contribution in [0.4, 0.5) is 36.2 Å². The summed E-state index contributed by atoms with van der Waals surface area (Å²) >= 11 is 0. The van der Waals surface area contributed by atoms with Gasteiger partial charge in [-0.2, -0.15) is 28.0 Å². The van der Waals surface area contributed by atoms with Gasteiger partial charge in [-0.1, -0.05) is 0 Å². The first kappa shape index (κ1) is 28.2. The molecule has 0 radical (unpaired) electrons. The number of carbonyl (C=O) groups is 1. The zero-order valence-electron chi connectivity index (χ0n) is 21.9. The van der Waals surface area contributed by atoms with Gasteiger partial charge in [0.05, 0.1) is 17.5 Å². The molecule has 0 spiro atoms. The summed E-state index contributed by atoms with van der Waals surface area (Å²) in [4.78, 5) is 17.8. The van der Waals surface area contributed by atoms with Crippen molar-refractivity contribution in [2.75, 3.05) is 35.4 Å². The third-order valence-electron chi connectivity index (χ3n) is 5.99. The maximum Gasteiger partial charge on any atom is 0.471 e. The number of amides is 1. The van der Waals surface area contributed by atoms with Gasteiger partial charge in [-0.3, -0.25) is 9.00 Å². The number of carbonyl (C=O) groups excluding carboxylic acids is 1. The highest BCUT2D eigenvalue weighted by atomic mass is 32.2. The summed E-state index contributed by atoms with van der Waals surface area (Å²) in [5.74, 6) is -0.635. The van der Waals surface area contributed by atoms with E-state index in [0.29, 0.717) is 45.8 Å². The average molecular weight is 563 g/mol. The molecule has 208 valence electrons. The van der Waals surface area contributed by atoms with E-state index in [4.69, 9.17) is 0 Å². The maximum absolute atomic E-state index is 12.8. The number of rotatable bonds is 10. The molecule has 1 amide bonds. The molecule has 0 bridgehead atoms. The predicted molar refractivity (Wildman–Crippen MR) is 143 cm³/mol. The number of likely N-dealkylation sites (N-methyl/N-ethyl adjacent to an activating group) is 1. The van der Waals surface area contributed by atoms with E-state index >= 15 is 0 Å². The van der Waals surface area contributed by atoms with Gasteiger partial charge in [-0.25, -0.2) is 4.98 Å². The second kappa shape index (κ2) is 10.7.